The van der Waals surface area contributed by atoms with Gasteiger partial charge < -0.3 is 131 Å². The van der Waals surface area contributed by atoms with E-state index in [9.17, 15) is 142 Å². The van der Waals surface area contributed by atoms with Crippen LogP contribution in [-0.2, 0) is 115 Å². The lowest BCUT2D eigenvalue weighted by atomic mass is 9.96. The minimum atomic E-state index is -2.23. The molecule has 4 aromatic rings. The lowest BCUT2D eigenvalue weighted by molar-refractivity contribution is -0.142. The number of hydrogen-bond donors (Lipinski definition) is 25. The topological polar surface area (TPSA) is 733 Å². The summed E-state index contributed by atoms with van der Waals surface area (Å²) in [7, 11) is 0. The smallest absolute Gasteiger partial charge is 0.305 e. The number of unbranched alkanes of at least 4 members (excludes halogenated alkanes) is 1. The van der Waals surface area contributed by atoms with E-state index in [1.165, 1.54) is 67.6 Å². The van der Waals surface area contributed by atoms with Crippen LogP contribution in [0.25, 0.3) is 0 Å². The number of aliphatic hydroxyl groups excluding tert-OH is 4. The first-order valence-electron chi connectivity index (χ1n) is 44.3. The number of hydrogen-bond acceptors (Lipinski definition) is 28. The Labute approximate surface area is 793 Å². The van der Waals surface area contributed by atoms with Gasteiger partial charge in [-0.05, 0) is 111 Å². The van der Waals surface area contributed by atoms with Crippen LogP contribution in [-0.4, -0.2) is 311 Å². The predicted octanol–water partition coefficient (Wildman–Crippen LogP) is -5.26. The number of aliphatic hydroxyl groups is 4. The fraction of sp³-hybridized carbons (Fsp3) is 0.511. The summed E-state index contributed by atoms with van der Waals surface area (Å²) in [4.78, 5) is 273. The van der Waals surface area contributed by atoms with Crippen molar-refractivity contribution in [3.05, 3.63) is 131 Å². The van der Waals surface area contributed by atoms with Crippen LogP contribution in [0.3, 0.4) is 0 Å². The predicted molar refractivity (Wildman–Crippen MR) is 489 cm³/mol. The SMILES string of the molecule is CC[C@H](C)[C@H](NC(=O)[C@H](CO)NC(=O)[C@H](Cc1ccc(O)cc1)NC(=O)[C@H](CC(=O)O)NC(=O)[C@H](CO)NC(=O)[C@@H](NC(=O)[C@H](Cc1ccccc1)NC(=O)[C@@H](NC(=O)CNC(=O)[C@H](CCC(=O)O)NC(=O)CSCC(=O)NCCN1C(=O)CC(c2ccccc2)C1=O)[C@@H](C)O)[C@@H](C)O)C(=O)N[C@@H](Cc1ccc(O)cc1)C(=O)N[C@@H](CC(C)C)C(=O)N[C@@H](CC(=O)O)C(=O)N[C@H](C)CCCCN. The molecule has 26 N–H and O–H groups in total. The summed E-state index contributed by atoms with van der Waals surface area (Å²) < 4.78 is 0. The maximum Gasteiger partial charge on any atom is 0.305 e. The number of benzene rings is 4. The molecule has 1 aliphatic rings. The highest BCUT2D eigenvalue weighted by Gasteiger charge is 2.42. The van der Waals surface area contributed by atoms with E-state index < -0.39 is 285 Å². The highest BCUT2D eigenvalue weighted by molar-refractivity contribution is 8.00. The number of aliphatic carboxylic acids is 3. The highest BCUT2D eigenvalue weighted by atomic mass is 32.2. The molecule has 0 spiro atoms. The molecule has 5 rings (SSSR count). The van der Waals surface area contributed by atoms with Gasteiger partial charge in [-0.2, -0.15) is 0 Å². The van der Waals surface area contributed by atoms with Crippen LogP contribution in [0.15, 0.2) is 109 Å². The van der Waals surface area contributed by atoms with Crippen LogP contribution in [0.4, 0.5) is 0 Å². The number of carboxylic acids is 3. The lowest BCUT2D eigenvalue weighted by Crippen LogP contribution is -2.63. The van der Waals surface area contributed by atoms with Gasteiger partial charge in [0.1, 0.15) is 84.0 Å². The molecule has 46 nitrogen and oxygen atoms in total. The summed E-state index contributed by atoms with van der Waals surface area (Å²) >= 11 is 0.793. The quantitative estimate of drug-likeness (QED) is 0.0145. The number of likely N-dealkylation sites (tertiary alicyclic amines) is 1. The van der Waals surface area contributed by atoms with E-state index in [1.807, 2.05) is 0 Å². The Hall–Kier alpha value is -13.8. The van der Waals surface area contributed by atoms with E-state index >= 15 is 0 Å². The number of nitrogens with one attached hydrogen (secondary N) is 15. The average Bonchev–Trinajstić information content (AvgIpc) is 1.69. The maximum atomic E-state index is 14.7. The Morgan fingerprint density at radius 2 is 0.832 bits per heavy atom. The first kappa shape index (κ1) is 114. The third-order valence-electron chi connectivity index (χ3n) is 21.6. The van der Waals surface area contributed by atoms with Gasteiger partial charge in [0.15, 0.2) is 0 Å². The van der Waals surface area contributed by atoms with Crippen molar-refractivity contribution in [3.63, 3.8) is 0 Å². The molecule has 0 saturated carbocycles. The third kappa shape index (κ3) is 39.6. The number of carbonyl (C=O) groups excluding carboxylic acids is 17. The number of phenolic OH excluding ortho intramolecular Hbond substituents is 2. The molecule has 4 aromatic carbocycles. The fourth-order valence-corrected chi connectivity index (χ4v) is 14.7. The molecule has 0 radical (unpaired) electrons. The molecule has 1 unspecified atom stereocenters. The van der Waals surface area contributed by atoms with Crippen molar-refractivity contribution < 1.29 is 142 Å². The second-order valence-corrected chi connectivity index (χ2v) is 34.3. The van der Waals surface area contributed by atoms with Crippen LogP contribution >= 0.6 is 11.8 Å². The molecular formula is C90H125N17O29S. The summed E-state index contributed by atoms with van der Waals surface area (Å²) in [6, 6.07) is 4.25. The molecule has 0 aliphatic carbocycles. The lowest BCUT2D eigenvalue weighted by Gasteiger charge is -2.30. The molecule has 750 valence electrons. The van der Waals surface area contributed by atoms with Crippen molar-refractivity contribution in [1.82, 2.24) is 84.7 Å². The van der Waals surface area contributed by atoms with Crippen molar-refractivity contribution in [3.8, 4) is 11.5 Å². The largest absolute Gasteiger partial charge is 0.508 e. The number of nitrogens with zero attached hydrogens (tertiary/aromatic N) is 1. The molecule has 1 aliphatic heterocycles. The monoisotopic (exact) mass is 1940 g/mol. The van der Waals surface area contributed by atoms with E-state index in [2.05, 4.69) is 79.8 Å². The van der Waals surface area contributed by atoms with Crippen LogP contribution < -0.4 is 85.5 Å². The van der Waals surface area contributed by atoms with E-state index in [0.29, 0.717) is 42.5 Å². The number of carboxylic acid groups (broad SMARTS) is 3. The minimum Gasteiger partial charge on any atom is -0.508 e. The molecule has 17 amide bonds. The van der Waals surface area contributed by atoms with Gasteiger partial charge >= 0.3 is 17.9 Å². The molecule has 0 aromatic heterocycles. The minimum absolute atomic E-state index is 0.0369. The van der Waals surface area contributed by atoms with Gasteiger partial charge in [0.2, 0.25) is 100 Å². The molecule has 1 saturated heterocycles. The second-order valence-electron chi connectivity index (χ2n) is 33.4. The Bertz CT molecular complexity index is 4810. The molecule has 17 atom stereocenters. The number of imide groups is 1. The van der Waals surface area contributed by atoms with Crippen molar-refractivity contribution in [1.29, 1.82) is 0 Å². The standard InChI is InChI=1S/C90H125N17O29S/c1-8-48(4)75(87(133)100-62(38-54-24-28-57(113)29-25-54)81(127)96-60(35-47(2)3)80(126)98-64(40-73(120)121)79(125)94-49(5)17-15-16-32-91)105-86(132)67(44-109)102-82(128)61(37-53-22-26-56(112)27-23-53)97-83(129)65(41-74(122)123)99-85(131)66(43-108)103-89(135)77(51(7)111)106-84(130)63(36-52-18-11-9-12-19-52)101-88(134)76(50(6)110)104-68(114)42-93-78(124)59(30-31-72(118)119)95-70(116)46-137-45-69(115)92-33-34-107-71(117)39-58(90(107)136)55-20-13-10-14-21-55/h9-14,18-29,47-51,58-67,75-77,108-113H,8,15-17,30-46,91H2,1-7H3,(H,92,115)(H,93,124)(H,94,125)(H,95,116)(H,96,127)(H,97,129)(H,98,126)(H,99,131)(H,100,133)(H,101,134)(H,102,128)(H,103,135)(H,104,114)(H,105,132)(H,106,130)(H,118,119)(H,120,121)(H,122,123)/t48-,49+,50+,51+,58?,59-,60-,61-,62-,63-,64-,65-,66-,67-,75-,76-,77-/m0/s1. The number of thioether (sulfide) groups is 1. The zero-order chi connectivity index (χ0) is 102. The number of carbonyl (C=O) groups is 20. The zero-order valence-corrected chi connectivity index (χ0v) is 77.6. The van der Waals surface area contributed by atoms with Crippen molar-refractivity contribution >= 4 is 130 Å². The van der Waals surface area contributed by atoms with E-state index in [1.54, 1.807) is 76.2 Å². The normalized spacial score (nSPS) is 15.8. The summed E-state index contributed by atoms with van der Waals surface area (Å²) in [5, 5.41) is 128. The van der Waals surface area contributed by atoms with E-state index in [0.717, 1.165) is 30.5 Å². The summed E-state index contributed by atoms with van der Waals surface area (Å²) in [5.41, 5.74) is 7.15. The van der Waals surface area contributed by atoms with Crippen molar-refractivity contribution in [2.24, 2.45) is 17.6 Å². The first-order valence-corrected chi connectivity index (χ1v) is 45.5. The van der Waals surface area contributed by atoms with E-state index in [4.69, 9.17) is 5.73 Å². The molecule has 47 heteroatoms. The Morgan fingerprint density at radius 3 is 1.31 bits per heavy atom. The summed E-state index contributed by atoms with van der Waals surface area (Å²) in [6.45, 7) is 6.92. The Kier molecular flexibility index (Phi) is 48.0. The number of phenols is 2. The van der Waals surface area contributed by atoms with Crippen LogP contribution in [0.2, 0.25) is 0 Å². The molecule has 0 bridgehead atoms. The van der Waals surface area contributed by atoms with Gasteiger partial charge in [-0.25, -0.2) is 0 Å². The van der Waals surface area contributed by atoms with Gasteiger partial charge in [0.05, 0.1) is 62.2 Å². The number of aromatic hydroxyl groups is 2. The van der Waals surface area contributed by atoms with Crippen LogP contribution in [0.5, 0.6) is 11.5 Å². The van der Waals surface area contributed by atoms with Crippen LogP contribution in [0, 0.1) is 11.8 Å². The van der Waals surface area contributed by atoms with Gasteiger partial charge in [0, 0.05) is 51.2 Å². The first-order chi connectivity index (χ1) is 64.8. The Morgan fingerprint density at radius 1 is 0.423 bits per heavy atom. The number of rotatable bonds is 60. The van der Waals surface area contributed by atoms with Gasteiger partial charge in [0.25, 0.3) is 0 Å². The number of nitrogens with two attached hydrogens (primary N) is 1. The Balaban J connectivity index is 1.27. The van der Waals surface area contributed by atoms with E-state index in [-0.39, 0.29) is 67.5 Å². The highest BCUT2D eigenvalue weighted by Crippen LogP contribution is 2.29. The van der Waals surface area contributed by atoms with Crippen molar-refractivity contribution in [2.75, 3.05) is 50.9 Å². The van der Waals surface area contributed by atoms with Crippen molar-refractivity contribution in [2.45, 2.75) is 229 Å². The molecule has 137 heavy (non-hydrogen) atoms. The van der Waals surface area contributed by atoms with Gasteiger partial charge in [-0.1, -0.05) is 125 Å². The fourth-order valence-electron chi connectivity index (χ4n) is 14.0. The maximum absolute atomic E-state index is 14.7. The van der Waals surface area contributed by atoms with Crippen LogP contribution in [0.1, 0.15) is 141 Å². The number of amides is 17. The zero-order valence-electron chi connectivity index (χ0n) is 76.8. The molecular weight excluding hydrogens is 1820 g/mol. The van der Waals surface area contributed by atoms with Gasteiger partial charge in [-0.15, -0.1) is 11.8 Å². The molecule has 1 fully saturated rings. The second kappa shape index (κ2) is 57.8. The van der Waals surface area contributed by atoms with Gasteiger partial charge in [-0.3, -0.25) is 101 Å². The summed E-state index contributed by atoms with van der Waals surface area (Å²) in [5.74, 6) is -25.4. The summed E-state index contributed by atoms with van der Waals surface area (Å²) in [6.07, 6.45) is -6.53. The average molecular weight is 1940 g/mol. The molecule has 1 heterocycles. The third-order valence-corrected chi connectivity index (χ3v) is 22.6.